The monoisotopic (exact) mass is 413 g/mol. The number of halogens is 1. The number of benzene rings is 1. The molecule has 148 valence electrons. The minimum absolute atomic E-state index is 0.0781. The van der Waals surface area contributed by atoms with Crippen LogP contribution >= 0.6 is 11.6 Å². The fourth-order valence-electron chi connectivity index (χ4n) is 3.32. The maximum absolute atomic E-state index is 12.7. The molecule has 1 aliphatic rings. The van der Waals surface area contributed by atoms with Crippen molar-refractivity contribution in [3.05, 3.63) is 79.7 Å². The normalized spacial score (nSPS) is 14.4. The van der Waals surface area contributed by atoms with Crippen molar-refractivity contribution in [2.24, 2.45) is 0 Å². The van der Waals surface area contributed by atoms with E-state index in [1.165, 1.54) is 11.1 Å². The van der Waals surface area contributed by atoms with Gasteiger partial charge in [-0.1, -0.05) is 29.8 Å². The summed E-state index contributed by atoms with van der Waals surface area (Å²) in [7, 11) is 0. The molecule has 29 heavy (non-hydrogen) atoms. The minimum Gasteiger partial charge on any atom is -0.340 e. The maximum atomic E-state index is 12.7. The summed E-state index contributed by atoms with van der Waals surface area (Å²) in [5.74, 6) is -0.277. The van der Waals surface area contributed by atoms with E-state index < -0.39 is 16.2 Å². The first-order chi connectivity index (χ1) is 13.9. The predicted octanol–water partition coefficient (Wildman–Crippen LogP) is 2.10. The second-order valence-corrected chi connectivity index (χ2v) is 7.07. The van der Waals surface area contributed by atoms with Gasteiger partial charge >= 0.3 is 11.2 Å². The highest BCUT2D eigenvalue weighted by atomic mass is 35.5. The molecule has 3 heterocycles. The topological polar surface area (TPSA) is 101 Å². The molecule has 0 aliphatic carbocycles. The van der Waals surface area contributed by atoms with Gasteiger partial charge in [-0.25, -0.2) is 4.98 Å². The van der Waals surface area contributed by atoms with Gasteiger partial charge in [-0.2, -0.15) is 0 Å². The Labute approximate surface area is 169 Å². The number of carbonyl (C=O) groups excluding carboxylic acids is 1. The molecular formula is C19H16ClN5O4. The van der Waals surface area contributed by atoms with Gasteiger partial charge < -0.3 is 9.80 Å². The lowest BCUT2D eigenvalue weighted by atomic mass is 10.2. The van der Waals surface area contributed by atoms with Crippen LogP contribution < -0.4 is 10.5 Å². The maximum Gasteiger partial charge on any atom is 0.376 e. The molecule has 2 aromatic heterocycles. The van der Waals surface area contributed by atoms with Gasteiger partial charge in [-0.3, -0.25) is 24.1 Å². The number of hydrogen-bond donors (Lipinski definition) is 0. The molecule has 1 aromatic carbocycles. The van der Waals surface area contributed by atoms with Gasteiger partial charge in [-0.05, 0) is 29.8 Å². The molecule has 0 unspecified atom stereocenters. The first kappa shape index (κ1) is 18.9. The largest absolute Gasteiger partial charge is 0.376 e. The number of hydrogen-bond acceptors (Lipinski definition) is 6. The Hall–Kier alpha value is -3.46. The Kier molecular flexibility index (Phi) is 4.89. The van der Waals surface area contributed by atoms with Crippen LogP contribution in [0, 0.1) is 10.1 Å². The van der Waals surface area contributed by atoms with Crippen molar-refractivity contribution in [1.29, 1.82) is 0 Å². The molecule has 9 nitrogen and oxygen atoms in total. The highest BCUT2D eigenvalue weighted by molar-refractivity contribution is 6.30. The Bertz CT molecular complexity index is 1160. The summed E-state index contributed by atoms with van der Waals surface area (Å²) in [6, 6.07) is 12.1. The van der Waals surface area contributed by atoms with Crippen molar-refractivity contribution < 1.29 is 9.72 Å². The van der Waals surface area contributed by atoms with Crippen LogP contribution in [0.2, 0.25) is 5.02 Å². The molecule has 1 fully saturated rings. The summed E-state index contributed by atoms with van der Waals surface area (Å²) in [6.07, 6.45) is 1.43. The number of carbonyl (C=O) groups is 1. The fraction of sp³-hybridized carbons (Fsp3) is 0.211. The van der Waals surface area contributed by atoms with Gasteiger partial charge in [0, 0.05) is 30.9 Å². The first-order valence-corrected chi connectivity index (χ1v) is 9.25. The van der Waals surface area contributed by atoms with Crippen LogP contribution in [-0.2, 0) is 11.3 Å². The van der Waals surface area contributed by atoms with Crippen LogP contribution in [0.3, 0.4) is 0 Å². The standard InChI is InChI=1S/C19H16ClN5O4/c20-14-6-4-13(5-7-14)11-22-9-10-23(12-16(22)26)18-17(25(28)29)19(27)24-8-2-1-3-15(24)21-18/h1-8H,9-12H2. The van der Waals surface area contributed by atoms with Crippen LogP contribution in [0.1, 0.15) is 5.56 Å². The van der Waals surface area contributed by atoms with Gasteiger partial charge in [0.1, 0.15) is 5.65 Å². The summed E-state index contributed by atoms with van der Waals surface area (Å²) in [6.45, 7) is 1.01. The van der Waals surface area contributed by atoms with Crippen LogP contribution in [0.5, 0.6) is 0 Å². The molecule has 4 rings (SSSR count). The SMILES string of the molecule is O=C1CN(c2nc3ccccn3c(=O)c2[N+](=O)[O-])CCN1Cc1ccc(Cl)cc1. The summed E-state index contributed by atoms with van der Waals surface area (Å²) in [4.78, 5) is 43.5. The number of anilines is 1. The van der Waals surface area contributed by atoms with E-state index in [0.29, 0.717) is 24.7 Å². The third-order valence-electron chi connectivity index (χ3n) is 4.78. The van der Waals surface area contributed by atoms with Crippen molar-refractivity contribution in [3.8, 4) is 0 Å². The molecule has 0 radical (unpaired) electrons. The molecule has 1 amide bonds. The Balaban J connectivity index is 1.62. The second-order valence-electron chi connectivity index (χ2n) is 6.64. The number of piperazine rings is 1. The Morgan fingerprint density at radius 1 is 1.10 bits per heavy atom. The van der Waals surface area contributed by atoms with Crippen molar-refractivity contribution >= 4 is 34.7 Å². The summed E-state index contributed by atoms with van der Waals surface area (Å²) in [5, 5.41) is 12.2. The number of aromatic nitrogens is 2. The average molecular weight is 414 g/mol. The van der Waals surface area contributed by atoms with Crippen molar-refractivity contribution in [3.63, 3.8) is 0 Å². The van der Waals surface area contributed by atoms with Crippen LogP contribution in [0.25, 0.3) is 5.65 Å². The van der Waals surface area contributed by atoms with E-state index in [-0.39, 0.29) is 23.9 Å². The minimum atomic E-state index is -0.772. The van der Waals surface area contributed by atoms with E-state index in [1.54, 1.807) is 35.2 Å². The van der Waals surface area contributed by atoms with E-state index >= 15 is 0 Å². The lowest BCUT2D eigenvalue weighted by Gasteiger charge is -2.34. The molecule has 10 heteroatoms. The van der Waals surface area contributed by atoms with E-state index in [4.69, 9.17) is 11.6 Å². The second kappa shape index (κ2) is 7.51. The van der Waals surface area contributed by atoms with E-state index in [1.807, 2.05) is 12.1 Å². The van der Waals surface area contributed by atoms with E-state index in [9.17, 15) is 19.7 Å². The number of nitro groups is 1. The number of amides is 1. The highest BCUT2D eigenvalue weighted by Gasteiger charge is 2.32. The third-order valence-corrected chi connectivity index (χ3v) is 5.03. The molecular weight excluding hydrogens is 398 g/mol. The van der Waals surface area contributed by atoms with Gasteiger partial charge in [0.15, 0.2) is 0 Å². The molecule has 1 aliphatic heterocycles. The zero-order valence-corrected chi connectivity index (χ0v) is 16.0. The van der Waals surface area contributed by atoms with Gasteiger partial charge in [-0.15, -0.1) is 0 Å². The Morgan fingerprint density at radius 3 is 2.55 bits per heavy atom. The highest BCUT2D eigenvalue weighted by Crippen LogP contribution is 2.25. The molecule has 0 saturated carbocycles. The predicted molar refractivity (Wildman–Crippen MR) is 107 cm³/mol. The quantitative estimate of drug-likeness (QED) is 0.479. The fourth-order valence-corrected chi connectivity index (χ4v) is 3.44. The number of pyridine rings is 1. The number of nitrogens with zero attached hydrogens (tertiary/aromatic N) is 5. The van der Waals surface area contributed by atoms with Crippen LogP contribution in [-0.4, -0.2) is 44.7 Å². The number of fused-ring (bicyclic) bond motifs is 1. The van der Waals surface area contributed by atoms with Gasteiger partial charge in [0.25, 0.3) is 0 Å². The lowest BCUT2D eigenvalue weighted by molar-refractivity contribution is -0.385. The van der Waals surface area contributed by atoms with Crippen LogP contribution in [0.15, 0.2) is 53.5 Å². The first-order valence-electron chi connectivity index (χ1n) is 8.87. The lowest BCUT2D eigenvalue weighted by Crippen LogP contribution is -2.50. The van der Waals surface area contributed by atoms with E-state index in [2.05, 4.69) is 4.98 Å². The number of rotatable bonds is 4. The average Bonchev–Trinajstić information content (AvgIpc) is 2.70. The zero-order valence-electron chi connectivity index (χ0n) is 15.2. The van der Waals surface area contributed by atoms with Crippen molar-refractivity contribution in [2.45, 2.75) is 6.54 Å². The molecule has 3 aromatic rings. The molecule has 0 atom stereocenters. The molecule has 1 saturated heterocycles. The Morgan fingerprint density at radius 2 is 1.86 bits per heavy atom. The zero-order chi connectivity index (χ0) is 20.5. The smallest absolute Gasteiger partial charge is 0.340 e. The van der Waals surface area contributed by atoms with Gasteiger partial charge in [0.2, 0.25) is 11.7 Å². The molecule has 0 spiro atoms. The molecule has 0 bridgehead atoms. The van der Waals surface area contributed by atoms with Gasteiger partial charge in [0.05, 0.1) is 11.5 Å². The third kappa shape index (κ3) is 3.64. The summed E-state index contributed by atoms with van der Waals surface area (Å²) < 4.78 is 1.13. The van der Waals surface area contributed by atoms with E-state index in [0.717, 1.165) is 9.96 Å². The summed E-state index contributed by atoms with van der Waals surface area (Å²) >= 11 is 5.89. The van der Waals surface area contributed by atoms with Crippen molar-refractivity contribution in [2.75, 3.05) is 24.5 Å². The summed E-state index contributed by atoms with van der Waals surface area (Å²) in [5.41, 5.74) is -0.183. The van der Waals surface area contributed by atoms with Crippen molar-refractivity contribution in [1.82, 2.24) is 14.3 Å². The van der Waals surface area contributed by atoms with Crippen LogP contribution in [0.4, 0.5) is 11.5 Å². The molecule has 0 N–H and O–H groups in total.